The SMILES string of the molecule is O=C(O)[C@@H](CCc1ccccc1)NS(=O)(=O)c1ccc2c(c1)S(=O)(=O)c1ccccc1O2. The van der Waals surface area contributed by atoms with E-state index in [1.807, 2.05) is 30.3 Å². The molecule has 0 bridgehead atoms. The third-order valence-corrected chi connectivity index (χ3v) is 8.32. The number of ether oxygens (including phenoxy) is 1. The predicted octanol–water partition coefficient (Wildman–Crippen LogP) is 2.99. The lowest BCUT2D eigenvalue weighted by Crippen LogP contribution is -2.41. The number of carboxylic acid groups (broad SMARTS) is 1. The first-order chi connectivity index (χ1) is 15.2. The van der Waals surface area contributed by atoms with Gasteiger partial charge in [0.1, 0.15) is 27.3 Å². The van der Waals surface area contributed by atoms with Crippen LogP contribution in [-0.2, 0) is 31.1 Å². The third kappa shape index (κ3) is 4.24. The summed E-state index contributed by atoms with van der Waals surface area (Å²) in [7, 11) is -8.33. The highest BCUT2D eigenvalue weighted by Crippen LogP contribution is 2.43. The standard InChI is InChI=1S/C22H19NO7S2/c24-22(25)17(12-10-15-6-2-1-3-7-15)23-32(28,29)16-11-13-19-21(14-16)31(26,27)20-9-5-4-8-18(20)30-19/h1-9,11,13-14,17,23H,10,12H2,(H,24,25)/t17-/m1/s1. The molecule has 0 unspecified atom stereocenters. The van der Waals surface area contributed by atoms with Crippen LogP contribution >= 0.6 is 0 Å². The number of aryl methyl sites for hydroxylation is 1. The molecule has 0 amide bonds. The number of rotatable bonds is 7. The maximum atomic E-state index is 13.0. The Labute approximate surface area is 185 Å². The molecule has 0 aromatic heterocycles. The van der Waals surface area contributed by atoms with Crippen LogP contribution in [0.3, 0.4) is 0 Å². The molecule has 1 aliphatic rings. The molecule has 1 aliphatic heterocycles. The van der Waals surface area contributed by atoms with Crippen molar-refractivity contribution in [3.05, 3.63) is 78.4 Å². The van der Waals surface area contributed by atoms with Crippen molar-refractivity contribution in [2.24, 2.45) is 0 Å². The first kappa shape index (κ1) is 22.0. The molecule has 0 aliphatic carbocycles. The zero-order valence-corrected chi connectivity index (χ0v) is 18.3. The van der Waals surface area contributed by atoms with Crippen LogP contribution < -0.4 is 9.46 Å². The summed E-state index contributed by atoms with van der Waals surface area (Å²) in [6.07, 6.45) is 0.377. The van der Waals surface area contributed by atoms with Crippen molar-refractivity contribution in [3.8, 4) is 11.5 Å². The van der Waals surface area contributed by atoms with Gasteiger partial charge in [-0.15, -0.1) is 0 Å². The number of para-hydroxylation sites is 1. The molecule has 0 saturated heterocycles. The highest BCUT2D eigenvalue weighted by molar-refractivity contribution is 7.92. The van der Waals surface area contributed by atoms with Gasteiger partial charge < -0.3 is 9.84 Å². The van der Waals surface area contributed by atoms with Crippen molar-refractivity contribution >= 4 is 25.8 Å². The monoisotopic (exact) mass is 473 g/mol. The summed E-state index contributed by atoms with van der Waals surface area (Å²) in [5.74, 6) is -1.17. The number of hydrogen-bond acceptors (Lipinski definition) is 6. The Morgan fingerprint density at radius 3 is 2.31 bits per heavy atom. The van der Waals surface area contributed by atoms with E-state index in [4.69, 9.17) is 4.74 Å². The second-order valence-electron chi connectivity index (χ2n) is 7.20. The van der Waals surface area contributed by atoms with Crippen LogP contribution in [0.25, 0.3) is 0 Å². The van der Waals surface area contributed by atoms with E-state index in [1.54, 1.807) is 6.07 Å². The molecule has 4 rings (SSSR count). The van der Waals surface area contributed by atoms with E-state index < -0.39 is 31.9 Å². The normalized spacial score (nSPS) is 15.1. The van der Waals surface area contributed by atoms with Crippen LogP contribution in [0.4, 0.5) is 0 Å². The van der Waals surface area contributed by atoms with Crippen LogP contribution in [0, 0.1) is 0 Å². The minimum Gasteiger partial charge on any atom is -0.480 e. The van der Waals surface area contributed by atoms with Gasteiger partial charge in [-0.25, -0.2) is 16.8 Å². The minimum atomic E-state index is -4.32. The molecule has 1 heterocycles. The van der Waals surface area contributed by atoms with Gasteiger partial charge in [-0.2, -0.15) is 4.72 Å². The van der Waals surface area contributed by atoms with Crippen molar-refractivity contribution in [2.45, 2.75) is 33.6 Å². The highest BCUT2D eigenvalue weighted by atomic mass is 32.2. The maximum absolute atomic E-state index is 13.0. The second kappa shape index (κ2) is 8.38. The van der Waals surface area contributed by atoms with E-state index in [1.165, 1.54) is 30.3 Å². The molecule has 1 atom stereocenters. The summed E-state index contributed by atoms with van der Waals surface area (Å²) < 4.78 is 59.5. The van der Waals surface area contributed by atoms with Crippen LogP contribution in [0.15, 0.2) is 87.5 Å². The van der Waals surface area contributed by atoms with Gasteiger partial charge in [-0.05, 0) is 48.7 Å². The number of sulfonamides is 1. The molecule has 3 aromatic carbocycles. The van der Waals surface area contributed by atoms with Gasteiger partial charge in [0.25, 0.3) is 0 Å². The molecular weight excluding hydrogens is 454 g/mol. The first-order valence-electron chi connectivity index (χ1n) is 9.63. The lowest BCUT2D eigenvalue weighted by Gasteiger charge is -2.21. The molecule has 166 valence electrons. The van der Waals surface area contributed by atoms with Gasteiger partial charge in [0.05, 0.1) is 4.90 Å². The summed E-state index contributed by atoms with van der Waals surface area (Å²) in [5.41, 5.74) is 0.869. The van der Waals surface area contributed by atoms with E-state index >= 15 is 0 Å². The van der Waals surface area contributed by atoms with Crippen LogP contribution in [0.5, 0.6) is 11.5 Å². The maximum Gasteiger partial charge on any atom is 0.321 e. The highest BCUT2D eigenvalue weighted by Gasteiger charge is 2.33. The van der Waals surface area contributed by atoms with Crippen LogP contribution in [-0.4, -0.2) is 34.0 Å². The van der Waals surface area contributed by atoms with E-state index in [-0.39, 0.29) is 32.6 Å². The molecule has 8 nitrogen and oxygen atoms in total. The zero-order valence-electron chi connectivity index (χ0n) is 16.6. The Hall–Kier alpha value is -3.21. The van der Waals surface area contributed by atoms with Crippen LogP contribution in [0.2, 0.25) is 0 Å². The van der Waals surface area contributed by atoms with Crippen molar-refractivity contribution < 1.29 is 31.5 Å². The summed E-state index contributed by atoms with van der Waals surface area (Å²) >= 11 is 0. The Kier molecular flexibility index (Phi) is 5.76. The van der Waals surface area contributed by atoms with E-state index in [0.717, 1.165) is 11.6 Å². The lowest BCUT2D eigenvalue weighted by atomic mass is 10.1. The number of hydrogen-bond donors (Lipinski definition) is 2. The number of benzene rings is 3. The second-order valence-corrected chi connectivity index (χ2v) is 10.8. The minimum absolute atomic E-state index is 0.00140. The molecule has 2 N–H and O–H groups in total. The Balaban J connectivity index is 1.61. The smallest absolute Gasteiger partial charge is 0.321 e. The number of fused-ring (bicyclic) bond motifs is 2. The van der Waals surface area contributed by atoms with E-state index in [0.29, 0.717) is 6.42 Å². The number of carbonyl (C=O) groups is 1. The molecule has 10 heteroatoms. The fourth-order valence-corrected chi connectivity index (χ4v) is 6.24. The number of nitrogens with one attached hydrogen (secondary N) is 1. The molecule has 0 spiro atoms. The van der Waals surface area contributed by atoms with Crippen molar-refractivity contribution in [1.82, 2.24) is 4.72 Å². The summed E-state index contributed by atoms with van der Waals surface area (Å²) in [6, 6.07) is 17.2. The van der Waals surface area contributed by atoms with Gasteiger partial charge in [0.15, 0.2) is 0 Å². The van der Waals surface area contributed by atoms with Crippen molar-refractivity contribution in [2.75, 3.05) is 0 Å². The number of sulfone groups is 1. The largest absolute Gasteiger partial charge is 0.480 e. The molecular formula is C22H19NO7S2. The van der Waals surface area contributed by atoms with Gasteiger partial charge >= 0.3 is 5.97 Å². The fraction of sp³-hybridized carbons (Fsp3) is 0.136. The first-order valence-corrected chi connectivity index (χ1v) is 12.6. The Bertz CT molecular complexity index is 1380. The van der Waals surface area contributed by atoms with Gasteiger partial charge in [0, 0.05) is 0 Å². The number of aliphatic carboxylic acids is 1. The summed E-state index contributed by atoms with van der Waals surface area (Å²) in [5, 5.41) is 9.50. The summed E-state index contributed by atoms with van der Waals surface area (Å²) in [4.78, 5) is 10.9. The van der Waals surface area contributed by atoms with E-state index in [2.05, 4.69) is 4.72 Å². The van der Waals surface area contributed by atoms with Crippen molar-refractivity contribution in [3.63, 3.8) is 0 Å². The van der Waals surface area contributed by atoms with Crippen LogP contribution in [0.1, 0.15) is 12.0 Å². The molecule has 32 heavy (non-hydrogen) atoms. The fourth-order valence-electron chi connectivity index (χ4n) is 3.39. The topological polar surface area (TPSA) is 127 Å². The molecule has 0 saturated carbocycles. The predicted molar refractivity (Wildman–Crippen MR) is 115 cm³/mol. The molecule has 3 aromatic rings. The quantitative estimate of drug-likeness (QED) is 0.422. The average molecular weight is 474 g/mol. The van der Waals surface area contributed by atoms with Gasteiger partial charge in [0.2, 0.25) is 19.9 Å². The van der Waals surface area contributed by atoms with E-state index in [9.17, 15) is 26.7 Å². The third-order valence-electron chi connectivity index (χ3n) is 5.03. The molecule has 0 fully saturated rings. The number of carboxylic acids is 1. The van der Waals surface area contributed by atoms with Gasteiger partial charge in [-0.1, -0.05) is 42.5 Å². The molecule has 0 radical (unpaired) electrons. The Morgan fingerprint density at radius 2 is 1.59 bits per heavy atom. The lowest BCUT2D eigenvalue weighted by molar-refractivity contribution is -0.139. The summed E-state index contributed by atoms with van der Waals surface area (Å²) in [6.45, 7) is 0. The van der Waals surface area contributed by atoms with Gasteiger partial charge in [-0.3, -0.25) is 4.79 Å². The zero-order chi connectivity index (χ0) is 22.9. The van der Waals surface area contributed by atoms with Crippen molar-refractivity contribution in [1.29, 1.82) is 0 Å². The average Bonchev–Trinajstić information content (AvgIpc) is 2.77. The Morgan fingerprint density at radius 1 is 0.938 bits per heavy atom.